The average Bonchev–Trinajstić information content (AvgIpc) is 2.74. The van der Waals surface area contributed by atoms with Crippen molar-refractivity contribution in [2.45, 2.75) is 6.92 Å². The largest absolute Gasteiger partial charge is 0.504 e. The van der Waals surface area contributed by atoms with Crippen molar-refractivity contribution in [3.63, 3.8) is 0 Å². The van der Waals surface area contributed by atoms with Gasteiger partial charge < -0.3 is 9.84 Å². The quantitative estimate of drug-likeness (QED) is 0.522. The van der Waals surface area contributed by atoms with Gasteiger partial charge in [-0.05, 0) is 42.8 Å². The Labute approximate surface area is 177 Å². The van der Waals surface area contributed by atoms with Gasteiger partial charge in [-0.3, -0.25) is 14.3 Å². The minimum absolute atomic E-state index is 0.00141. The Kier molecular flexibility index (Phi) is 5.25. The van der Waals surface area contributed by atoms with Crippen molar-refractivity contribution in [3.8, 4) is 17.2 Å². The number of phenolic OH excluding ortho intramolecular Hbond substituents is 1. The summed E-state index contributed by atoms with van der Waals surface area (Å²) in [5.74, 6) is 0.715. The van der Waals surface area contributed by atoms with E-state index >= 15 is 0 Å². The lowest BCUT2D eigenvalue weighted by Crippen LogP contribution is -2.23. The summed E-state index contributed by atoms with van der Waals surface area (Å²) in [6, 6.07) is 12.2. The van der Waals surface area contributed by atoms with E-state index in [0.717, 1.165) is 5.56 Å². The van der Waals surface area contributed by atoms with Crippen LogP contribution in [0, 0.1) is 6.92 Å². The molecule has 0 bridgehead atoms. The van der Waals surface area contributed by atoms with Crippen molar-refractivity contribution >= 4 is 34.7 Å². The van der Waals surface area contributed by atoms with Gasteiger partial charge in [0.1, 0.15) is 5.82 Å². The summed E-state index contributed by atoms with van der Waals surface area (Å²) in [7, 11) is 1.48. The fourth-order valence-corrected chi connectivity index (χ4v) is 3.60. The van der Waals surface area contributed by atoms with Crippen molar-refractivity contribution < 1.29 is 9.84 Å². The summed E-state index contributed by atoms with van der Waals surface area (Å²) in [6.07, 6.45) is 6.43. The highest BCUT2D eigenvalue weighted by Crippen LogP contribution is 2.31. The number of ether oxygens (including phenoxy) is 1. The molecule has 6 nitrogen and oxygen atoms in total. The van der Waals surface area contributed by atoms with Gasteiger partial charge in [-0.1, -0.05) is 35.9 Å². The predicted molar refractivity (Wildman–Crippen MR) is 118 cm³/mol. The molecule has 0 aliphatic carbocycles. The van der Waals surface area contributed by atoms with Gasteiger partial charge in [-0.15, -0.1) is 0 Å². The number of nitrogens with zero attached hydrogens (tertiary/aromatic N) is 3. The fourth-order valence-electron chi connectivity index (χ4n) is 3.29. The smallest absolute Gasteiger partial charge is 0.266 e. The van der Waals surface area contributed by atoms with Crippen LogP contribution in [0.3, 0.4) is 0 Å². The molecule has 0 fully saturated rings. The van der Waals surface area contributed by atoms with Crippen LogP contribution in [-0.4, -0.2) is 26.8 Å². The molecule has 2 aromatic carbocycles. The van der Waals surface area contributed by atoms with E-state index in [1.165, 1.54) is 11.7 Å². The highest BCUT2D eigenvalue weighted by molar-refractivity contribution is 6.32. The Balaban J connectivity index is 1.99. The molecule has 1 N–H and O–H groups in total. The number of pyridine rings is 1. The monoisotopic (exact) mass is 419 g/mol. The van der Waals surface area contributed by atoms with E-state index in [1.54, 1.807) is 54.9 Å². The van der Waals surface area contributed by atoms with Crippen LogP contribution in [0.2, 0.25) is 5.02 Å². The molecule has 0 aliphatic heterocycles. The second-order valence-electron chi connectivity index (χ2n) is 6.64. The number of rotatable bonds is 4. The van der Waals surface area contributed by atoms with Crippen molar-refractivity contribution in [2.24, 2.45) is 0 Å². The molecule has 0 saturated heterocycles. The van der Waals surface area contributed by atoms with Crippen molar-refractivity contribution in [3.05, 3.63) is 87.2 Å². The molecule has 2 heterocycles. The average molecular weight is 420 g/mol. The second-order valence-corrected chi connectivity index (χ2v) is 7.05. The Hall–Kier alpha value is -3.64. The number of aryl methyl sites for hydroxylation is 1. The molecule has 0 radical (unpaired) electrons. The lowest BCUT2D eigenvalue weighted by molar-refractivity contribution is 0.373. The van der Waals surface area contributed by atoms with Gasteiger partial charge in [-0.2, -0.15) is 0 Å². The van der Waals surface area contributed by atoms with E-state index in [1.807, 2.05) is 19.1 Å². The maximum Gasteiger partial charge on any atom is 0.266 e. The molecular formula is C23H18ClN3O3. The topological polar surface area (TPSA) is 77.2 Å². The molecule has 0 saturated carbocycles. The molecule has 150 valence electrons. The highest BCUT2D eigenvalue weighted by Gasteiger charge is 2.16. The minimum Gasteiger partial charge on any atom is -0.504 e. The second kappa shape index (κ2) is 8.00. The normalized spacial score (nSPS) is 11.3. The summed E-state index contributed by atoms with van der Waals surface area (Å²) in [4.78, 5) is 22.1. The van der Waals surface area contributed by atoms with Crippen LogP contribution >= 0.6 is 11.6 Å². The third-order valence-electron chi connectivity index (χ3n) is 4.77. The van der Waals surface area contributed by atoms with Gasteiger partial charge in [0.25, 0.3) is 5.56 Å². The molecule has 0 spiro atoms. The van der Waals surface area contributed by atoms with Gasteiger partial charge in [0.2, 0.25) is 0 Å². The third kappa shape index (κ3) is 3.42. The first kappa shape index (κ1) is 19.7. The number of benzene rings is 2. The summed E-state index contributed by atoms with van der Waals surface area (Å²) >= 11 is 6.46. The number of phenols is 1. The predicted octanol–water partition coefficient (Wildman–Crippen LogP) is 4.63. The molecule has 0 aliphatic rings. The van der Waals surface area contributed by atoms with Crippen LogP contribution in [0.1, 0.15) is 17.0 Å². The first-order valence-corrected chi connectivity index (χ1v) is 9.55. The SMILES string of the molecule is COc1cccc(/C=C/c2nc3cnccc3c(=O)n2-c2c(C)cccc2Cl)c1O. The number of para-hydroxylation sites is 2. The number of halogens is 1. The standard InChI is InChI=1S/C23H18ClN3O3/c1-14-5-3-7-17(24)21(14)27-20(26-18-13-25-12-11-16(18)23(27)29)10-9-15-6-4-8-19(30-2)22(15)28/h3-13,28H,1-2H3/b10-9+. The van der Waals surface area contributed by atoms with E-state index in [-0.39, 0.29) is 11.3 Å². The zero-order chi connectivity index (χ0) is 21.3. The molecule has 7 heteroatoms. The summed E-state index contributed by atoms with van der Waals surface area (Å²) < 4.78 is 6.64. The number of aromatic nitrogens is 3. The van der Waals surface area contributed by atoms with Crippen LogP contribution < -0.4 is 10.3 Å². The van der Waals surface area contributed by atoms with Crippen LogP contribution in [0.5, 0.6) is 11.5 Å². The summed E-state index contributed by atoms with van der Waals surface area (Å²) in [5.41, 5.74) is 2.13. The number of methoxy groups -OCH3 is 1. The fraction of sp³-hybridized carbons (Fsp3) is 0.0870. The van der Waals surface area contributed by atoms with Gasteiger partial charge in [0.15, 0.2) is 11.5 Å². The zero-order valence-electron chi connectivity index (χ0n) is 16.3. The first-order chi connectivity index (χ1) is 14.5. The van der Waals surface area contributed by atoms with Crippen molar-refractivity contribution in [2.75, 3.05) is 7.11 Å². The Morgan fingerprint density at radius 1 is 1.13 bits per heavy atom. The Morgan fingerprint density at radius 3 is 2.70 bits per heavy atom. The molecule has 30 heavy (non-hydrogen) atoms. The van der Waals surface area contributed by atoms with E-state index in [4.69, 9.17) is 16.3 Å². The van der Waals surface area contributed by atoms with Crippen LogP contribution in [0.4, 0.5) is 0 Å². The zero-order valence-corrected chi connectivity index (χ0v) is 17.1. The summed E-state index contributed by atoms with van der Waals surface area (Å²) in [6.45, 7) is 1.88. The maximum absolute atomic E-state index is 13.4. The highest BCUT2D eigenvalue weighted by atomic mass is 35.5. The van der Waals surface area contributed by atoms with E-state index < -0.39 is 0 Å². The molecule has 0 atom stereocenters. The van der Waals surface area contributed by atoms with Gasteiger partial charge in [-0.25, -0.2) is 4.98 Å². The number of aromatic hydroxyl groups is 1. The van der Waals surface area contributed by atoms with E-state index in [9.17, 15) is 9.90 Å². The van der Waals surface area contributed by atoms with Gasteiger partial charge in [0, 0.05) is 11.8 Å². The van der Waals surface area contributed by atoms with Crippen molar-refractivity contribution in [1.82, 2.24) is 14.5 Å². The summed E-state index contributed by atoms with van der Waals surface area (Å²) in [5, 5.41) is 11.2. The van der Waals surface area contributed by atoms with Crippen LogP contribution in [0.25, 0.3) is 28.7 Å². The van der Waals surface area contributed by atoms with E-state index in [0.29, 0.717) is 38.8 Å². The van der Waals surface area contributed by atoms with Crippen molar-refractivity contribution in [1.29, 1.82) is 0 Å². The lowest BCUT2D eigenvalue weighted by atomic mass is 10.1. The molecule has 2 aromatic heterocycles. The minimum atomic E-state index is -0.256. The van der Waals surface area contributed by atoms with Crippen LogP contribution in [-0.2, 0) is 0 Å². The number of hydrogen-bond donors (Lipinski definition) is 1. The Bertz CT molecular complexity index is 1330. The van der Waals surface area contributed by atoms with Crippen LogP contribution in [0.15, 0.2) is 59.7 Å². The molecule has 0 amide bonds. The molecule has 4 aromatic rings. The molecule has 4 rings (SSSR count). The third-order valence-corrected chi connectivity index (χ3v) is 5.08. The maximum atomic E-state index is 13.4. The van der Waals surface area contributed by atoms with E-state index in [2.05, 4.69) is 9.97 Å². The molecular weight excluding hydrogens is 402 g/mol. The molecule has 0 unspecified atom stereocenters. The van der Waals surface area contributed by atoms with Gasteiger partial charge in [0.05, 0.1) is 34.9 Å². The first-order valence-electron chi connectivity index (χ1n) is 9.17. The number of fused-ring (bicyclic) bond motifs is 1. The Morgan fingerprint density at radius 2 is 1.93 bits per heavy atom. The lowest BCUT2D eigenvalue weighted by Gasteiger charge is -2.15. The number of hydrogen-bond acceptors (Lipinski definition) is 5. The van der Waals surface area contributed by atoms with Gasteiger partial charge >= 0.3 is 0 Å².